The van der Waals surface area contributed by atoms with E-state index in [9.17, 15) is 14.9 Å². The van der Waals surface area contributed by atoms with Crippen molar-refractivity contribution in [3.63, 3.8) is 0 Å². The molecule has 0 aliphatic carbocycles. The molecule has 1 atom stereocenters. The Morgan fingerprint density at radius 2 is 2.32 bits per heavy atom. The molecule has 1 aliphatic heterocycles. The summed E-state index contributed by atoms with van der Waals surface area (Å²) in [5.41, 5.74) is 0. The lowest BCUT2D eigenvalue weighted by Gasteiger charge is -2.35. The van der Waals surface area contributed by atoms with Crippen LogP contribution in [0.5, 0.6) is 0 Å². The van der Waals surface area contributed by atoms with Crippen LogP contribution in [0.1, 0.15) is 35.4 Å². The van der Waals surface area contributed by atoms with Crippen molar-refractivity contribution in [1.82, 2.24) is 4.90 Å². The number of carbonyl (C=O) groups is 1. The zero-order valence-electron chi connectivity index (χ0n) is 10.4. The third-order valence-electron chi connectivity index (χ3n) is 3.31. The minimum absolute atomic E-state index is 0.00857. The van der Waals surface area contributed by atoms with Crippen molar-refractivity contribution < 1.29 is 9.72 Å². The maximum Gasteiger partial charge on any atom is 0.324 e. The van der Waals surface area contributed by atoms with Gasteiger partial charge in [-0.05, 0) is 31.7 Å². The number of hydrogen-bond acceptors (Lipinski definition) is 4. The van der Waals surface area contributed by atoms with Gasteiger partial charge >= 0.3 is 5.00 Å². The van der Waals surface area contributed by atoms with Gasteiger partial charge < -0.3 is 4.90 Å². The summed E-state index contributed by atoms with van der Waals surface area (Å²) >= 11 is 6.71. The van der Waals surface area contributed by atoms with Crippen molar-refractivity contribution in [2.24, 2.45) is 0 Å². The molecule has 1 fully saturated rings. The second-order valence-corrected chi connectivity index (χ2v) is 5.96. The highest BCUT2D eigenvalue weighted by molar-refractivity contribution is 7.17. The molecule has 2 rings (SSSR count). The smallest absolute Gasteiger partial charge is 0.324 e. The van der Waals surface area contributed by atoms with Gasteiger partial charge in [0.2, 0.25) is 0 Å². The summed E-state index contributed by atoms with van der Waals surface area (Å²) in [7, 11) is 0. The number of amides is 1. The first-order valence-electron chi connectivity index (χ1n) is 6.24. The maximum atomic E-state index is 12.4. The Kier molecular flexibility index (Phi) is 4.76. The third-order valence-corrected chi connectivity index (χ3v) is 4.56. The zero-order chi connectivity index (χ0) is 13.8. The molecule has 5 nitrogen and oxygen atoms in total. The first-order chi connectivity index (χ1) is 9.13. The van der Waals surface area contributed by atoms with Crippen molar-refractivity contribution in [3.05, 3.63) is 27.1 Å². The van der Waals surface area contributed by atoms with Gasteiger partial charge in [-0.25, -0.2) is 0 Å². The van der Waals surface area contributed by atoms with Gasteiger partial charge in [-0.1, -0.05) is 11.3 Å². The fraction of sp³-hybridized carbons (Fsp3) is 0.583. The number of alkyl halides is 1. The van der Waals surface area contributed by atoms with E-state index >= 15 is 0 Å². The summed E-state index contributed by atoms with van der Waals surface area (Å²) in [4.78, 5) is 24.8. The number of nitrogens with zero attached hydrogens (tertiary/aromatic N) is 2. The van der Waals surface area contributed by atoms with E-state index in [1.54, 1.807) is 0 Å². The molecule has 1 aromatic heterocycles. The zero-order valence-corrected chi connectivity index (χ0v) is 12.0. The standard InChI is InChI=1S/C12H15ClN2O3S/c13-7-6-9-3-1-2-8-14(9)12(16)10-4-5-11(19-10)15(17)18/h4-5,9H,1-3,6-8H2. The second kappa shape index (κ2) is 6.34. The van der Waals surface area contributed by atoms with E-state index in [0.29, 0.717) is 17.3 Å². The van der Waals surface area contributed by atoms with Gasteiger partial charge in [0.15, 0.2) is 0 Å². The molecule has 0 radical (unpaired) electrons. The number of piperidine rings is 1. The minimum Gasteiger partial charge on any atom is -0.335 e. The fourth-order valence-electron chi connectivity index (χ4n) is 2.38. The van der Waals surface area contributed by atoms with Crippen molar-refractivity contribution in [1.29, 1.82) is 0 Å². The van der Waals surface area contributed by atoms with Gasteiger partial charge in [0, 0.05) is 24.5 Å². The van der Waals surface area contributed by atoms with Crippen LogP contribution in [0.15, 0.2) is 12.1 Å². The average molecular weight is 303 g/mol. The van der Waals surface area contributed by atoms with Crippen molar-refractivity contribution in [3.8, 4) is 0 Å². The molecular formula is C12H15ClN2O3S. The van der Waals surface area contributed by atoms with Crippen LogP contribution in [-0.2, 0) is 0 Å². The number of hydrogen-bond donors (Lipinski definition) is 0. The van der Waals surface area contributed by atoms with E-state index in [1.165, 1.54) is 12.1 Å². The van der Waals surface area contributed by atoms with Crippen molar-refractivity contribution >= 4 is 33.8 Å². The summed E-state index contributed by atoms with van der Waals surface area (Å²) in [5, 5.41) is 10.7. The Hall–Kier alpha value is -1.14. The maximum absolute atomic E-state index is 12.4. The first kappa shape index (κ1) is 14.3. The number of nitro groups is 1. The van der Waals surface area contributed by atoms with Crippen LogP contribution >= 0.6 is 22.9 Å². The van der Waals surface area contributed by atoms with Gasteiger partial charge in [-0.3, -0.25) is 14.9 Å². The molecule has 0 N–H and O–H groups in total. The largest absolute Gasteiger partial charge is 0.335 e. The Morgan fingerprint density at radius 3 is 2.95 bits per heavy atom. The van der Waals surface area contributed by atoms with Crippen molar-refractivity contribution in [2.75, 3.05) is 12.4 Å². The Morgan fingerprint density at radius 1 is 1.53 bits per heavy atom. The number of rotatable bonds is 4. The number of thiophene rings is 1. The summed E-state index contributed by atoms with van der Waals surface area (Å²) in [6.45, 7) is 0.714. The molecule has 0 aromatic carbocycles. The molecule has 1 unspecified atom stereocenters. The SMILES string of the molecule is O=C(c1ccc([N+](=O)[O-])s1)N1CCCCC1CCCl. The highest BCUT2D eigenvalue weighted by atomic mass is 35.5. The number of halogens is 1. The molecule has 19 heavy (non-hydrogen) atoms. The van der Waals surface area contributed by atoms with Gasteiger partial charge in [-0.2, -0.15) is 0 Å². The summed E-state index contributed by atoms with van der Waals surface area (Å²) in [6.07, 6.45) is 3.83. The van der Waals surface area contributed by atoms with E-state index in [-0.39, 0.29) is 17.0 Å². The summed E-state index contributed by atoms with van der Waals surface area (Å²) < 4.78 is 0. The lowest BCUT2D eigenvalue weighted by atomic mass is 10.00. The predicted molar refractivity (Wildman–Crippen MR) is 75.0 cm³/mol. The van der Waals surface area contributed by atoms with Crippen LogP contribution in [-0.4, -0.2) is 34.2 Å². The lowest BCUT2D eigenvalue weighted by Crippen LogP contribution is -2.43. The lowest BCUT2D eigenvalue weighted by molar-refractivity contribution is -0.380. The molecule has 1 aromatic rings. The Labute approximate surface area is 120 Å². The number of likely N-dealkylation sites (tertiary alicyclic amines) is 1. The molecule has 1 saturated heterocycles. The quantitative estimate of drug-likeness (QED) is 0.487. The summed E-state index contributed by atoms with van der Waals surface area (Å²) in [5.74, 6) is 0.423. The molecule has 104 valence electrons. The fourth-order valence-corrected chi connectivity index (χ4v) is 3.40. The Bertz CT molecular complexity index is 475. The highest BCUT2D eigenvalue weighted by Gasteiger charge is 2.28. The topological polar surface area (TPSA) is 63.4 Å². The van der Waals surface area contributed by atoms with Crippen LogP contribution < -0.4 is 0 Å². The van der Waals surface area contributed by atoms with Crippen LogP contribution in [0, 0.1) is 10.1 Å². The van der Waals surface area contributed by atoms with E-state index in [4.69, 9.17) is 11.6 Å². The minimum atomic E-state index is -0.464. The van der Waals surface area contributed by atoms with Crippen LogP contribution in [0.3, 0.4) is 0 Å². The normalized spacial score (nSPS) is 19.4. The van der Waals surface area contributed by atoms with Crippen molar-refractivity contribution in [2.45, 2.75) is 31.7 Å². The predicted octanol–water partition coefficient (Wildman–Crippen LogP) is 3.28. The summed E-state index contributed by atoms with van der Waals surface area (Å²) in [6, 6.07) is 3.09. The van der Waals surface area contributed by atoms with E-state index < -0.39 is 4.92 Å². The van der Waals surface area contributed by atoms with Gasteiger partial charge in [0.05, 0.1) is 9.80 Å². The molecule has 0 spiro atoms. The van der Waals surface area contributed by atoms with E-state index in [1.807, 2.05) is 4.90 Å². The average Bonchev–Trinajstić information content (AvgIpc) is 2.89. The Balaban J connectivity index is 2.13. The second-order valence-electron chi connectivity index (χ2n) is 4.52. The van der Waals surface area contributed by atoms with Gasteiger partial charge in [-0.15, -0.1) is 11.6 Å². The van der Waals surface area contributed by atoms with Crippen LogP contribution in [0.2, 0.25) is 0 Å². The van der Waals surface area contributed by atoms with Gasteiger partial charge in [0.25, 0.3) is 5.91 Å². The molecular weight excluding hydrogens is 288 g/mol. The molecule has 7 heteroatoms. The molecule has 0 bridgehead atoms. The third kappa shape index (κ3) is 3.25. The van der Waals surface area contributed by atoms with Crippen LogP contribution in [0.4, 0.5) is 5.00 Å². The van der Waals surface area contributed by atoms with E-state index in [0.717, 1.165) is 37.0 Å². The van der Waals surface area contributed by atoms with Gasteiger partial charge in [0.1, 0.15) is 0 Å². The molecule has 0 saturated carbocycles. The monoisotopic (exact) mass is 302 g/mol. The molecule has 1 amide bonds. The molecule has 1 aliphatic rings. The number of carbonyl (C=O) groups excluding carboxylic acids is 1. The van der Waals surface area contributed by atoms with Crippen LogP contribution in [0.25, 0.3) is 0 Å². The highest BCUT2D eigenvalue weighted by Crippen LogP contribution is 2.28. The first-order valence-corrected chi connectivity index (χ1v) is 7.59. The van der Waals surface area contributed by atoms with E-state index in [2.05, 4.69) is 0 Å². The molecule has 2 heterocycles.